The Hall–Kier alpha value is -1.19. The third-order valence-electron chi connectivity index (χ3n) is 2.11. The summed E-state index contributed by atoms with van der Waals surface area (Å²) in [6.07, 6.45) is -0.0498. The molecule has 0 spiro atoms. The predicted octanol–water partition coefficient (Wildman–Crippen LogP) is 1.37. The number of ether oxygens (including phenoxy) is 1. The molecule has 1 atom stereocenters. The molecule has 0 aromatic carbocycles. The number of hydrogen-bond acceptors (Lipinski definition) is 4. The molecule has 0 fully saturated rings. The molecule has 0 aromatic rings. The van der Waals surface area contributed by atoms with Gasteiger partial charge in [0.25, 0.3) is 0 Å². The zero-order chi connectivity index (χ0) is 12.0. The van der Waals surface area contributed by atoms with E-state index in [-0.39, 0.29) is 30.5 Å². The van der Waals surface area contributed by atoms with Crippen molar-refractivity contribution in [2.24, 2.45) is 11.8 Å². The lowest BCUT2D eigenvalue weighted by molar-refractivity contribution is -0.153. The first-order valence-corrected chi connectivity index (χ1v) is 5.09. The smallest absolute Gasteiger partial charge is 0.316 e. The van der Waals surface area contributed by atoms with Gasteiger partial charge < -0.3 is 4.74 Å². The van der Waals surface area contributed by atoms with Crippen molar-refractivity contribution < 1.29 is 19.1 Å². The summed E-state index contributed by atoms with van der Waals surface area (Å²) in [6.45, 7) is 6.67. The van der Waals surface area contributed by atoms with Crippen LogP contribution >= 0.6 is 0 Å². The Kier molecular flexibility index (Phi) is 5.82. The van der Waals surface area contributed by atoms with E-state index in [0.717, 1.165) is 0 Å². The number of hydrogen-bond donors (Lipinski definition) is 0. The summed E-state index contributed by atoms with van der Waals surface area (Å²) in [5.41, 5.74) is 0. The van der Waals surface area contributed by atoms with Gasteiger partial charge in [0.2, 0.25) is 0 Å². The van der Waals surface area contributed by atoms with Crippen LogP contribution in [0.5, 0.6) is 0 Å². The number of carbonyl (C=O) groups excluding carboxylic acids is 3. The largest absolute Gasteiger partial charge is 0.465 e. The fourth-order valence-corrected chi connectivity index (χ4v) is 1.07. The van der Waals surface area contributed by atoms with Crippen molar-refractivity contribution in [3.8, 4) is 0 Å². The molecule has 4 nitrogen and oxygen atoms in total. The highest BCUT2D eigenvalue weighted by Crippen LogP contribution is 2.12. The number of rotatable bonds is 6. The predicted molar refractivity (Wildman–Crippen MR) is 55.3 cm³/mol. The van der Waals surface area contributed by atoms with Crippen molar-refractivity contribution in [1.29, 1.82) is 0 Å². The standard InChI is InChI=1S/C11H18O4/c1-5-15-11(14)9(8(4)12)6-10(13)7(2)3/h7,9H,5-6H2,1-4H3. The first kappa shape index (κ1) is 13.8. The molecule has 0 aromatic heterocycles. The highest BCUT2D eigenvalue weighted by Gasteiger charge is 2.28. The summed E-state index contributed by atoms with van der Waals surface area (Å²) in [5.74, 6) is -2.11. The third kappa shape index (κ3) is 4.72. The molecule has 0 amide bonds. The summed E-state index contributed by atoms with van der Waals surface area (Å²) in [7, 11) is 0. The highest BCUT2D eigenvalue weighted by molar-refractivity contribution is 6.01. The van der Waals surface area contributed by atoms with Crippen LogP contribution in [0.25, 0.3) is 0 Å². The van der Waals surface area contributed by atoms with Gasteiger partial charge >= 0.3 is 5.97 Å². The average molecular weight is 214 g/mol. The van der Waals surface area contributed by atoms with Gasteiger partial charge in [0, 0.05) is 12.3 Å². The van der Waals surface area contributed by atoms with Crippen molar-refractivity contribution in [3.05, 3.63) is 0 Å². The summed E-state index contributed by atoms with van der Waals surface area (Å²) in [4.78, 5) is 33.9. The molecular weight excluding hydrogens is 196 g/mol. The lowest BCUT2D eigenvalue weighted by atomic mass is 9.94. The van der Waals surface area contributed by atoms with E-state index >= 15 is 0 Å². The van der Waals surface area contributed by atoms with E-state index < -0.39 is 11.9 Å². The van der Waals surface area contributed by atoms with Crippen LogP contribution in [0, 0.1) is 11.8 Å². The molecule has 4 heteroatoms. The lowest BCUT2D eigenvalue weighted by Crippen LogP contribution is -2.28. The number of esters is 1. The molecule has 0 saturated heterocycles. The Bertz CT molecular complexity index is 255. The molecule has 0 bridgehead atoms. The molecule has 0 radical (unpaired) electrons. The molecule has 0 saturated carbocycles. The fraction of sp³-hybridized carbons (Fsp3) is 0.727. The number of carbonyl (C=O) groups is 3. The third-order valence-corrected chi connectivity index (χ3v) is 2.11. The maximum Gasteiger partial charge on any atom is 0.316 e. The maximum absolute atomic E-state index is 11.4. The molecule has 1 unspecified atom stereocenters. The van der Waals surface area contributed by atoms with E-state index in [1.165, 1.54) is 6.92 Å². The van der Waals surface area contributed by atoms with Crippen LogP contribution in [-0.4, -0.2) is 24.1 Å². The van der Waals surface area contributed by atoms with Crippen LogP contribution in [-0.2, 0) is 19.1 Å². The zero-order valence-corrected chi connectivity index (χ0v) is 9.70. The van der Waals surface area contributed by atoms with Gasteiger partial charge in [0.15, 0.2) is 0 Å². The normalized spacial score (nSPS) is 12.3. The van der Waals surface area contributed by atoms with E-state index in [4.69, 9.17) is 4.74 Å². The Morgan fingerprint density at radius 1 is 1.20 bits per heavy atom. The molecule has 0 aliphatic rings. The first-order chi connectivity index (χ1) is 6.90. The Morgan fingerprint density at radius 3 is 2.07 bits per heavy atom. The minimum Gasteiger partial charge on any atom is -0.465 e. The fourth-order valence-electron chi connectivity index (χ4n) is 1.07. The zero-order valence-electron chi connectivity index (χ0n) is 9.70. The van der Waals surface area contributed by atoms with E-state index in [9.17, 15) is 14.4 Å². The van der Waals surface area contributed by atoms with Crippen LogP contribution in [0.3, 0.4) is 0 Å². The lowest BCUT2D eigenvalue weighted by Gasteiger charge is -2.12. The molecule has 0 aliphatic heterocycles. The van der Waals surface area contributed by atoms with E-state index in [2.05, 4.69) is 0 Å². The molecule has 0 aliphatic carbocycles. The molecule has 15 heavy (non-hydrogen) atoms. The molecular formula is C11H18O4. The minimum absolute atomic E-state index is 0.0498. The number of ketones is 2. The summed E-state index contributed by atoms with van der Waals surface area (Å²) >= 11 is 0. The SMILES string of the molecule is CCOC(=O)C(CC(=O)C(C)C)C(C)=O. The van der Waals surface area contributed by atoms with Crippen LogP contribution in [0.15, 0.2) is 0 Å². The van der Waals surface area contributed by atoms with E-state index in [0.29, 0.717) is 0 Å². The first-order valence-electron chi connectivity index (χ1n) is 5.09. The van der Waals surface area contributed by atoms with Gasteiger partial charge in [-0.3, -0.25) is 14.4 Å². The van der Waals surface area contributed by atoms with Gasteiger partial charge in [-0.05, 0) is 13.8 Å². The second kappa shape index (κ2) is 6.32. The van der Waals surface area contributed by atoms with Crippen LogP contribution in [0.1, 0.15) is 34.1 Å². The van der Waals surface area contributed by atoms with Crippen molar-refractivity contribution in [2.45, 2.75) is 34.1 Å². The quantitative estimate of drug-likeness (QED) is 0.495. The van der Waals surface area contributed by atoms with Gasteiger partial charge in [-0.1, -0.05) is 13.8 Å². The van der Waals surface area contributed by atoms with Crippen LogP contribution in [0.2, 0.25) is 0 Å². The van der Waals surface area contributed by atoms with Crippen molar-refractivity contribution in [2.75, 3.05) is 6.61 Å². The molecule has 0 heterocycles. The van der Waals surface area contributed by atoms with Gasteiger partial charge in [-0.25, -0.2) is 0 Å². The molecule has 0 rings (SSSR count). The molecule has 0 N–H and O–H groups in total. The second-order valence-electron chi connectivity index (χ2n) is 3.74. The average Bonchev–Trinajstić information content (AvgIpc) is 2.13. The monoisotopic (exact) mass is 214 g/mol. The van der Waals surface area contributed by atoms with Gasteiger partial charge in [-0.2, -0.15) is 0 Å². The summed E-state index contributed by atoms with van der Waals surface area (Å²) < 4.78 is 4.73. The van der Waals surface area contributed by atoms with Crippen molar-refractivity contribution in [3.63, 3.8) is 0 Å². The van der Waals surface area contributed by atoms with Crippen LogP contribution < -0.4 is 0 Å². The topological polar surface area (TPSA) is 60.4 Å². The van der Waals surface area contributed by atoms with Gasteiger partial charge in [0.1, 0.15) is 17.5 Å². The Morgan fingerprint density at radius 2 is 1.73 bits per heavy atom. The Balaban J connectivity index is 4.48. The van der Waals surface area contributed by atoms with E-state index in [1.54, 1.807) is 20.8 Å². The summed E-state index contributed by atoms with van der Waals surface area (Å²) in [5, 5.41) is 0. The molecule has 86 valence electrons. The second-order valence-corrected chi connectivity index (χ2v) is 3.74. The number of Topliss-reactive ketones (excluding diaryl/α,β-unsaturated/α-hetero) is 2. The maximum atomic E-state index is 11.4. The van der Waals surface area contributed by atoms with Crippen molar-refractivity contribution >= 4 is 17.5 Å². The van der Waals surface area contributed by atoms with Crippen LogP contribution in [0.4, 0.5) is 0 Å². The highest BCUT2D eigenvalue weighted by atomic mass is 16.5. The van der Waals surface area contributed by atoms with Gasteiger partial charge in [0.05, 0.1) is 6.61 Å². The minimum atomic E-state index is -0.931. The Labute approximate surface area is 90.0 Å². The van der Waals surface area contributed by atoms with Gasteiger partial charge in [-0.15, -0.1) is 0 Å². The van der Waals surface area contributed by atoms with E-state index in [1.807, 2.05) is 0 Å². The van der Waals surface area contributed by atoms with Crippen molar-refractivity contribution in [1.82, 2.24) is 0 Å². The summed E-state index contributed by atoms with van der Waals surface area (Å²) in [6, 6.07) is 0.